The molecule has 2 atom stereocenters. The highest BCUT2D eigenvalue weighted by atomic mass is 32.2. The second-order valence-electron chi connectivity index (χ2n) is 4.08. The van der Waals surface area contributed by atoms with Crippen LogP contribution in [0.2, 0.25) is 0 Å². The SMILES string of the molecule is CS(=O)(=O)C1CCCC(CC(=O)O)C1. The van der Waals surface area contributed by atoms with Crippen LogP contribution >= 0.6 is 0 Å². The third-order valence-corrected chi connectivity index (χ3v) is 4.44. The lowest BCUT2D eigenvalue weighted by molar-refractivity contribution is -0.138. The molecule has 1 saturated carbocycles. The van der Waals surface area contributed by atoms with Crippen molar-refractivity contribution in [1.29, 1.82) is 0 Å². The van der Waals surface area contributed by atoms with E-state index in [-0.39, 0.29) is 17.6 Å². The topological polar surface area (TPSA) is 71.4 Å². The molecular weight excluding hydrogens is 204 g/mol. The predicted octanol–water partition coefficient (Wildman–Crippen LogP) is 1.06. The van der Waals surface area contributed by atoms with Crippen molar-refractivity contribution >= 4 is 15.8 Å². The largest absolute Gasteiger partial charge is 0.481 e. The van der Waals surface area contributed by atoms with Crippen molar-refractivity contribution in [2.75, 3.05) is 6.26 Å². The molecule has 5 heteroatoms. The van der Waals surface area contributed by atoms with Gasteiger partial charge in [-0.15, -0.1) is 0 Å². The molecule has 1 fully saturated rings. The number of carbonyl (C=O) groups is 1. The summed E-state index contributed by atoms with van der Waals surface area (Å²) in [5, 5.41) is 8.29. The van der Waals surface area contributed by atoms with Crippen LogP contribution in [0.1, 0.15) is 32.1 Å². The summed E-state index contributed by atoms with van der Waals surface area (Å²) in [6.45, 7) is 0. The first-order valence-electron chi connectivity index (χ1n) is 4.80. The maximum atomic E-state index is 11.3. The Kier molecular flexibility index (Phi) is 3.53. The number of carboxylic acid groups (broad SMARTS) is 1. The number of carboxylic acids is 1. The van der Waals surface area contributed by atoms with Gasteiger partial charge in [0.1, 0.15) is 9.84 Å². The van der Waals surface area contributed by atoms with Crippen LogP contribution in [0.25, 0.3) is 0 Å². The Hall–Kier alpha value is -0.580. The fourth-order valence-corrected chi connectivity index (χ4v) is 3.28. The molecule has 82 valence electrons. The third-order valence-electron chi connectivity index (χ3n) is 2.80. The van der Waals surface area contributed by atoms with Crippen molar-refractivity contribution in [1.82, 2.24) is 0 Å². The average Bonchev–Trinajstić information content (AvgIpc) is 2.01. The number of hydrogen-bond donors (Lipinski definition) is 1. The first-order chi connectivity index (χ1) is 6.39. The number of hydrogen-bond acceptors (Lipinski definition) is 3. The van der Waals surface area contributed by atoms with Gasteiger partial charge < -0.3 is 5.11 Å². The van der Waals surface area contributed by atoms with Crippen molar-refractivity contribution < 1.29 is 18.3 Å². The molecule has 1 aliphatic rings. The highest BCUT2D eigenvalue weighted by Crippen LogP contribution is 2.30. The van der Waals surface area contributed by atoms with Crippen LogP contribution in [0.5, 0.6) is 0 Å². The van der Waals surface area contributed by atoms with E-state index in [0.29, 0.717) is 12.8 Å². The Bertz CT molecular complexity index is 307. The number of aliphatic carboxylic acids is 1. The standard InChI is InChI=1S/C9H16O4S/c1-14(12,13)8-4-2-3-7(5-8)6-9(10)11/h7-8H,2-6H2,1H3,(H,10,11). The van der Waals surface area contributed by atoms with E-state index in [4.69, 9.17) is 5.11 Å². The number of rotatable bonds is 3. The van der Waals surface area contributed by atoms with E-state index in [1.54, 1.807) is 0 Å². The summed E-state index contributed by atoms with van der Waals surface area (Å²) in [7, 11) is -2.99. The molecule has 1 rings (SSSR count). The molecule has 1 N–H and O–H groups in total. The minimum Gasteiger partial charge on any atom is -0.481 e. The molecule has 0 saturated heterocycles. The van der Waals surface area contributed by atoms with E-state index >= 15 is 0 Å². The highest BCUT2D eigenvalue weighted by Gasteiger charge is 2.29. The lowest BCUT2D eigenvalue weighted by atomic mass is 9.87. The first kappa shape index (κ1) is 11.5. The molecule has 0 aromatic heterocycles. The molecule has 0 amide bonds. The Labute approximate surface area is 84.2 Å². The van der Waals surface area contributed by atoms with Gasteiger partial charge in [-0.25, -0.2) is 8.42 Å². The molecule has 1 aliphatic carbocycles. The predicted molar refractivity (Wildman–Crippen MR) is 52.8 cm³/mol. The van der Waals surface area contributed by atoms with Crippen LogP contribution in [0.3, 0.4) is 0 Å². The molecule has 14 heavy (non-hydrogen) atoms. The van der Waals surface area contributed by atoms with Crippen molar-refractivity contribution in [2.45, 2.75) is 37.4 Å². The van der Waals surface area contributed by atoms with Crippen molar-refractivity contribution in [3.8, 4) is 0 Å². The van der Waals surface area contributed by atoms with E-state index < -0.39 is 15.8 Å². The van der Waals surface area contributed by atoms with Gasteiger partial charge in [0.05, 0.1) is 5.25 Å². The summed E-state index contributed by atoms with van der Waals surface area (Å²) in [6.07, 6.45) is 4.22. The molecule has 0 radical (unpaired) electrons. The van der Waals surface area contributed by atoms with Gasteiger partial charge in [-0.1, -0.05) is 6.42 Å². The van der Waals surface area contributed by atoms with Gasteiger partial charge in [0, 0.05) is 12.7 Å². The van der Waals surface area contributed by atoms with E-state index in [1.807, 2.05) is 0 Å². The first-order valence-corrected chi connectivity index (χ1v) is 6.75. The molecule has 2 unspecified atom stereocenters. The van der Waals surface area contributed by atoms with Crippen LogP contribution in [0.15, 0.2) is 0 Å². The van der Waals surface area contributed by atoms with Crippen LogP contribution in [-0.4, -0.2) is 31.0 Å². The fourth-order valence-electron chi connectivity index (χ4n) is 2.06. The van der Waals surface area contributed by atoms with E-state index in [1.165, 1.54) is 6.26 Å². The molecule has 0 heterocycles. The zero-order chi connectivity index (χ0) is 10.8. The zero-order valence-corrected chi connectivity index (χ0v) is 9.09. The Balaban J connectivity index is 2.56. The summed E-state index contributed by atoms with van der Waals surface area (Å²) in [5.41, 5.74) is 0. The van der Waals surface area contributed by atoms with E-state index in [9.17, 15) is 13.2 Å². The summed E-state index contributed by atoms with van der Waals surface area (Å²) in [6, 6.07) is 0. The van der Waals surface area contributed by atoms with Crippen molar-refractivity contribution in [3.05, 3.63) is 0 Å². The van der Waals surface area contributed by atoms with Crippen LogP contribution in [0, 0.1) is 5.92 Å². The highest BCUT2D eigenvalue weighted by molar-refractivity contribution is 7.91. The lowest BCUT2D eigenvalue weighted by Crippen LogP contribution is -2.28. The van der Waals surface area contributed by atoms with E-state index in [0.717, 1.165) is 12.8 Å². The van der Waals surface area contributed by atoms with Gasteiger partial charge in [0.25, 0.3) is 0 Å². The van der Waals surface area contributed by atoms with Crippen LogP contribution in [-0.2, 0) is 14.6 Å². The molecule has 0 aliphatic heterocycles. The summed E-state index contributed by atoms with van der Waals surface area (Å²) >= 11 is 0. The van der Waals surface area contributed by atoms with Gasteiger partial charge in [-0.2, -0.15) is 0 Å². The summed E-state index contributed by atoms with van der Waals surface area (Å²) < 4.78 is 22.5. The Morgan fingerprint density at radius 1 is 1.43 bits per heavy atom. The van der Waals surface area contributed by atoms with E-state index in [2.05, 4.69) is 0 Å². The van der Waals surface area contributed by atoms with Gasteiger partial charge in [-0.3, -0.25) is 4.79 Å². The normalized spacial score (nSPS) is 28.6. The maximum absolute atomic E-state index is 11.3. The van der Waals surface area contributed by atoms with Crippen LogP contribution < -0.4 is 0 Å². The van der Waals surface area contributed by atoms with Gasteiger partial charge in [0.2, 0.25) is 0 Å². The second kappa shape index (κ2) is 4.29. The lowest BCUT2D eigenvalue weighted by Gasteiger charge is -2.26. The fraction of sp³-hybridized carbons (Fsp3) is 0.889. The smallest absolute Gasteiger partial charge is 0.303 e. The molecular formula is C9H16O4S. The molecule has 0 aromatic carbocycles. The monoisotopic (exact) mass is 220 g/mol. The second-order valence-corrected chi connectivity index (χ2v) is 6.41. The van der Waals surface area contributed by atoms with Crippen molar-refractivity contribution in [2.24, 2.45) is 5.92 Å². The number of sulfone groups is 1. The molecule has 0 aromatic rings. The Morgan fingerprint density at radius 2 is 2.07 bits per heavy atom. The summed E-state index contributed by atoms with van der Waals surface area (Å²) in [5.74, 6) is -0.787. The summed E-state index contributed by atoms with van der Waals surface area (Å²) in [4.78, 5) is 10.5. The van der Waals surface area contributed by atoms with Crippen LogP contribution in [0.4, 0.5) is 0 Å². The quantitative estimate of drug-likeness (QED) is 0.772. The zero-order valence-electron chi connectivity index (χ0n) is 8.27. The minimum absolute atomic E-state index is 0.0426. The van der Waals surface area contributed by atoms with Gasteiger partial charge >= 0.3 is 5.97 Å². The average molecular weight is 220 g/mol. The van der Waals surface area contributed by atoms with Gasteiger partial charge in [-0.05, 0) is 25.2 Å². The molecule has 4 nitrogen and oxygen atoms in total. The molecule has 0 spiro atoms. The molecule has 0 bridgehead atoms. The van der Waals surface area contributed by atoms with Crippen molar-refractivity contribution in [3.63, 3.8) is 0 Å². The third kappa shape index (κ3) is 3.29. The Morgan fingerprint density at radius 3 is 2.57 bits per heavy atom. The maximum Gasteiger partial charge on any atom is 0.303 e. The van der Waals surface area contributed by atoms with Gasteiger partial charge in [0.15, 0.2) is 0 Å². The minimum atomic E-state index is -2.99.